The summed E-state index contributed by atoms with van der Waals surface area (Å²) >= 11 is 0. The zero-order chi connectivity index (χ0) is 14.5. The lowest BCUT2D eigenvalue weighted by Crippen LogP contribution is -2.20. The molecule has 0 amide bonds. The molecule has 0 aliphatic heterocycles. The number of rotatable bonds is 6. The van der Waals surface area contributed by atoms with Crippen LogP contribution in [0.2, 0.25) is 0 Å². The average Bonchev–Trinajstić information content (AvgIpc) is 2.30. The van der Waals surface area contributed by atoms with E-state index in [0.29, 0.717) is 18.5 Å². The third-order valence-electron chi connectivity index (χ3n) is 2.82. The van der Waals surface area contributed by atoms with Crippen LogP contribution < -0.4 is 5.32 Å². The van der Waals surface area contributed by atoms with Crippen LogP contribution in [0.3, 0.4) is 0 Å². The predicted molar refractivity (Wildman–Crippen MR) is 66.1 cm³/mol. The normalized spacial score (nSPS) is 13.5. The van der Waals surface area contributed by atoms with Crippen LogP contribution in [-0.2, 0) is 0 Å². The van der Waals surface area contributed by atoms with Gasteiger partial charge in [-0.2, -0.15) is 13.2 Å². The van der Waals surface area contributed by atoms with Crippen molar-refractivity contribution in [2.24, 2.45) is 0 Å². The maximum absolute atomic E-state index is 11.9. The zero-order valence-corrected chi connectivity index (χ0v) is 10.7. The van der Waals surface area contributed by atoms with Gasteiger partial charge >= 0.3 is 6.18 Å². The summed E-state index contributed by atoms with van der Waals surface area (Å²) in [4.78, 5) is 0. The molecule has 3 N–H and O–H groups in total. The van der Waals surface area contributed by atoms with E-state index in [2.05, 4.69) is 5.32 Å². The summed E-state index contributed by atoms with van der Waals surface area (Å²) in [6.07, 6.45) is -4.39. The van der Waals surface area contributed by atoms with Crippen molar-refractivity contribution in [3.8, 4) is 11.5 Å². The Kier molecular flexibility index (Phi) is 5.47. The van der Waals surface area contributed by atoms with Crippen molar-refractivity contribution in [3.05, 3.63) is 23.8 Å². The molecule has 0 aliphatic rings. The third kappa shape index (κ3) is 5.83. The molecule has 1 aromatic rings. The first-order valence-electron chi connectivity index (χ1n) is 6.11. The number of alkyl halides is 3. The Bertz CT molecular complexity index is 407. The number of phenolic OH excluding ortho intramolecular Hbond substituents is 2. The number of aromatic hydroxyl groups is 2. The van der Waals surface area contributed by atoms with Gasteiger partial charge in [-0.3, -0.25) is 0 Å². The Hall–Kier alpha value is -1.43. The van der Waals surface area contributed by atoms with E-state index in [9.17, 15) is 23.4 Å². The van der Waals surface area contributed by atoms with Crippen LogP contribution in [0.15, 0.2) is 18.2 Å². The maximum atomic E-state index is 11.9. The first-order valence-corrected chi connectivity index (χ1v) is 6.11. The Morgan fingerprint density at radius 1 is 1.21 bits per heavy atom. The highest BCUT2D eigenvalue weighted by Gasteiger charge is 2.25. The number of phenols is 2. The van der Waals surface area contributed by atoms with Gasteiger partial charge in [0.25, 0.3) is 0 Å². The molecule has 1 atom stereocenters. The summed E-state index contributed by atoms with van der Waals surface area (Å²) in [5, 5.41) is 22.0. The SMILES string of the molecule is CC(NCCCCC(F)(F)F)c1cc(O)ccc1O. The molecule has 6 heteroatoms. The van der Waals surface area contributed by atoms with Gasteiger partial charge in [0.2, 0.25) is 0 Å². The fraction of sp³-hybridized carbons (Fsp3) is 0.538. The van der Waals surface area contributed by atoms with Gasteiger partial charge in [0.15, 0.2) is 0 Å². The smallest absolute Gasteiger partial charge is 0.389 e. The van der Waals surface area contributed by atoms with Crippen LogP contribution >= 0.6 is 0 Å². The summed E-state index contributed by atoms with van der Waals surface area (Å²) in [7, 11) is 0. The predicted octanol–water partition coefficient (Wildman–Crippen LogP) is 3.48. The lowest BCUT2D eigenvalue weighted by Gasteiger charge is -2.16. The fourth-order valence-electron chi connectivity index (χ4n) is 1.77. The summed E-state index contributed by atoms with van der Waals surface area (Å²) < 4.78 is 35.8. The molecule has 0 heterocycles. The second-order valence-corrected chi connectivity index (χ2v) is 4.49. The van der Waals surface area contributed by atoms with Crippen molar-refractivity contribution in [2.45, 2.75) is 38.4 Å². The number of halogens is 3. The molecule has 108 valence electrons. The minimum atomic E-state index is -4.10. The van der Waals surface area contributed by atoms with Crippen molar-refractivity contribution in [1.29, 1.82) is 0 Å². The first kappa shape index (κ1) is 15.6. The number of benzene rings is 1. The van der Waals surface area contributed by atoms with Gasteiger partial charge in [-0.05, 0) is 44.5 Å². The number of nitrogens with one attached hydrogen (secondary N) is 1. The van der Waals surface area contributed by atoms with Crippen LogP contribution in [0.4, 0.5) is 13.2 Å². The molecule has 1 aromatic carbocycles. The Labute approximate surface area is 110 Å². The molecule has 0 radical (unpaired) electrons. The van der Waals surface area contributed by atoms with E-state index in [4.69, 9.17) is 0 Å². The largest absolute Gasteiger partial charge is 0.508 e. The summed E-state index contributed by atoms with van der Waals surface area (Å²) in [6, 6.07) is 3.95. The minimum Gasteiger partial charge on any atom is -0.508 e. The van der Waals surface area contributed by atoms with Gasteiger partial charge in [0.1, 0.15) is 11.5 Å². The van der Waals surface area contributed by atoms with E-state index in [1.165, 1.54) is 18.2 Å². The highest BCUT2D eigenvalue weighted by Crippen LogP contribution is 2.27. The van der Waals surface area contributed by atoms with Crippen molar-refractivity contribution in [3.63, 3.8) is 0 Å². The van der Waals surface area contributed by atoms with Crippen molar-refractivity contribution in [1.82, 2.24) is 5.32 Å². The van der Waals surface area contributed by atoms with Gasteiger partial charge in [-0.25, -0.2) is 0 Å². The van der Waals surface area contributed by atoms with E-state index in [0.717, 1.165) is 0 Å². The van der Waals surface area contributed by atoms with E-state index in [1.807, 2.05) is 0 Å². The molecule has 0 fully saturated rings. The highest BCUT2D eigenvalue weighted by molar-refractivity contribution is 5.40. The van der Waals surface area contributed by atoms with Crippen LogP contribution in [0.25, 0.3) is 0 Å². The average molecular weight is 277 g/mol. The number of hydrogen-bond donors (Lipinski definition) is 3. The minimum absolute atomic E-state index is 0.0403. The molecule has 19 heavy (non-hydrogen) atoms. The zero-order valence-electron chi connectivity index (χ0n) is 10.7. The summed E-state index contributed by atoms with van der Waals surface area (Å²) in [5.74, 6) is 0.0895. The van der Waals surface area contributed by atoms with Crippen molar-refractivity contribution >= 4 is 0 Å². The molecule has 0 bridgehead atoms. The van der Waals surface area contributed by atoms with E-state index < -0.39 is 12.6 Å². The van der Waals surface area contributed by atoms with Crippen LogP contribution in [0, 0.1) is 0 Å². The number of hydrogen-bond acceptors (Lipinski definition) is 3. The van der Waals surface area contributed by atoms with Crippen LogP contribution in [0.1, 0.15) is 37.8 Å². The molecule has 1 rings (SSSR count). The van der Waals surface area contributed by atoms with E-state index in [-0.39, 0.29) is 24.0 Å². The molecule has 0 saturated carbocycles. The monoisotopic (exact) mass is 277 g/mol. The van der Waals surface area contributed by atoms with Gasteiger partial charge in [0.05, 0.1) is 0 Å². The van der Waals surface area contributed by atoms with Gasteiger partial charge < -0.3 is 15.5 Å². The summed E-state index contributed by atoms with van der Waals surface area (Å²) in [6.45, 7) is 2.20. The van der Waals surface area contributed by atoms with Crippen molar-refractivity contribution < 1.29 is 23.4 Å². The van der Waals surface area contributed by atoms with Crippen LogP contribution in [0.5, 0.6) is 11.5 Å². The Morgan fingerprint density at radius 2 is 1.89 bits per heavy atom. The Morgan fingerprint density at radius 3 is 2.53 bits per heavy atom. The van der Waals surface area contributed by atoms with E-state index >= 15 is 0 Å². The topological polar surface area (TPSA) is 52.5 Å². The molecule has 0 aromatic heterocycles. The number of unbranched alkanes of at least 4 members (excludes halogenated alkanes) is 1. The molecule has 0 aliphatic carbocycles. The molecule has 0 saturated heterocycles. The molecule has 3 nitrogen and oxygen atoms in total. The molecule has 1 unspecified atom stereocenters. The van der Waals surface area contributed by atoms with Gasteiger partial charge in [-0.1, -0.05) is 0 Å². The van der Waals surface area contributed by atoms with Crippen molar-refractivity contribution in [2.75, 3.05) is 6.54 Å². The lowest BCUT2D eigenvalue weighted by molar-refractivity contribution is -0.135. The molecular weight excluding hydrogens is 259 g/mol. The maximum Gasteiger partial charge on any atom is 0.389 e. The fourth-order valence-corrected chi connectivity index (χ4v) is 1.77. The lowest BCUT2D eigenvalue weighted by atomic mass is 10.1. The van der Waals surface area contributed by atoms with E-state index in [1.54, 1.807) is 6.92 Å². The first-order chi connectivity index (χ1) is 8.79. The second-order valence-electron chi connectivity index (χ2n) is 4.49. The quantitative estimate of drug-likeness (QED) is 0.551. The Balaban J connectivity index is 2.35. The highest BCUT2D eigenvalue weighted by atomic mass is 19.4. The third-order valence-corrected chi connectivity index (χ3v) is 2.82. The standard InChI is InChI=1S/C13H18F3NO2/c1-9(11-8-10(18)4-5-12(11)19)17-7-3-2-6-13(14,15)16/h4-5,8-9,17-19H,2-3,6-7H2,1H3. The van der Waals surface area contributed by atoms with Gasteiger partial charge in [0, 0.05) is 18.0 Å². The molecular formula is C13H18F3NO2. The van der Waals surface area contributed by atoms with Crippen LogP contribution in [-0.4, -0.2) is 22.9 Å². The second kappa shape index (κ2) is 6.65. The molecule has 0 spiro atoms. The summed E-state index contributed by atoms with van der Waals surface area (Å²) in [5.41, 5.74) is 0.524. The van der Waals surface area contributed by atoms with Gasteiger partial charge in [-0.15, -0.1) is 0 Å².